The highest BCUT2D eigenvalue weighted by atomic mass is 16.2. The van der Waals surface area contributed by atoms with Gasteiger partial charge < -0.3 is 11.1 Å². The van der Waals surface area contributed by atoms with Crippen LogP contribution in [0, 0.1) is 0 Å². The van der Waals surface area contributed by atoms with Gasteiger partial charge in [0.15, 0.2) is 0 Å². The second-order valence-electron chi connectivity index (χ2n) is 5.35. The normalized spacial score (nSPS) is 13.3. The van der Waals surface area contributed by atoms with E-state index in [0.29, 0.717) is 5.69 Å². The van der Waals surface area contributed by atoms with Crippen LogP contribution in [0.3, 0.4) is 0 Å². The van der Waals surface area contributed by atoms with Crippen LogP contribution in [-0.2, 0) is 0 Å². The maximum atomic E-state index is 12.3. The van der Waals surface area contributed by atoms with Gasteiger partial charge in [0.05, 0.1) is 0 Å². The topological polar surface area (TPSA) is 68.0 Å². The minimum absolute atomic E-state index is 0.147. The minimum Gasteiger partial charge on any atom is -0.344 e. The molecule has 100 valence electrons. The highest BCUT2D eigenvalue weighted by Crippen LogP contribution is 2.17. The molecule has 0 aliphatic carbocycles. The molecular weight excluding hydrogens is 238 g/mol. The maximum absolute atomic E-state index is 12.3. The van der Waals surface area contributed by atoms with Crippen molar-refractivity contribution in [3.63, 3.8) is 0 Å². The standard InChI is InChI=1S/C15H19N3O/c1-10(16)15(2,3)18-14(19)13-12-7-5-4-6-11(12)8-9-17-13/h4-10H,16H2,1-3H3,(H,18,19). The third kappa shape index (κ3) is 2.74. The summed E-state index contributed by atoms with van der Waals surface area (Å²) in [6, 6.07) is 9.45. The van der Waals surface area contributed by atoms with Crippen LogP contribution in [0.4, 0.5) is 0 Å². The second-order valence-corrected chi connectivity index (χ2v) is 5.35. The van der Waals surface area contributed by atoms with E-state index in [4.69, 9.17) is 5.73 Å². The quantitative estimate of drug-likeness (QED) is 0.884. The van der Waals surface area contributed by atoms with E-state index >= 15 is 0 Å². The Morgan fingerprint density at radius 1 is 1.32 bits per heavy atom. The van der Waals surface area contributed by atoms with Crippen LogP contribution in [0.2, 0.25) is 0 Å². The molecule has 0 aliphatic rings. The molecule has 0 bridgehead atoms. The SMILES string of the molecule is CC(N)C(C)(C)NC(=O)c1nccc2ccccc12. The van der Waals surface area contributed by atoms with E-state index in [0.717, 1.165) is 10.8 Å². The van der Waals surface area contributed by atoms with Crippen molar-refractivity contribution >= 4 is 16.7 Å². The van der Waals surface area contributed by atoms with Crippen LogP contribution in [0.15, 0.2) is 36.5 Å². The van der Waals surface area contributed by atoms with Crippen molar-refractivity contribution in [2.24, 2.45) is 5.73 Å². The summed E-state index contributed by atoms with van der Waals surface area (Å²) < 4.78 is 0. The number of benzene rings is 1. The molecule has 0 aliphatic heterocycles. The third-order valence-corrected chi connectivity index (χ3v) is 3.46. The molecule has 2 aromatic rings. The van der Waals surface area contributed by atoms with E-state index in [1.165, 1.54) is 0 Å². The molecule has 1 heterocycles. The smallest absolute Gasteiger partial charge is 0.270 e. The highest BCUT2D eigenvalue weighted by molar-refractivity contribution is 6.05. The van der Waals surface area contributed by atoms with E-state index < -0.39 is 5.54 Å². The molecular formula is C15H19N3O. The predicted octanol–water partition coefficient (Wildman–Crippen LogP) is 2.09. The number of aromatic nitrogens is 1. The number of amides is 1. The summed E-state index contributed by atoms with van der Waals surface area (Å²) in [5.41, 5.74) is 5.83. The summed E-state index contributed by atoms with van der Waals surface area (Å²) in [5.74, 6) is -0.195. The van der Waals surface area contributed by atoms with Crippen LogP contribution in [-0.4, -0.2) is 22.5 Å². The first-order valence-electron chi connectivity index (χ1n) is 6.33. The number of nitrogens with one attached hydrogen (secondary N) is 1. The Morgan fingerprint density at radius 2 is 2.00 bits per heavy atom. The lowest BCUT2D eigenvalue weighted by Gasteiger charge is -2.30. The lowest BCUT2D eigenvalue weighted by molar-refractivity contribution is 0.0900. The van der Waals surface area contributed by atoms with Gasteiger partial charge in [-0.3, -0.25) is 9.78 Å². The number of nitrogens with zero attached hydrogens (tertiary/aromatic N) is 1. The van der Waals surface area contributed by atoms with Gasteiger partial charge in [-0.15, -0.1) is 0 Å². The maximum Gasteiger partial charge on any atom is 0.270 e. The zero-order valence-corrected chi connectivity index (χ0v) is 11.5. The van der Waals surface area contributed by atoms with Gasteiger partial charge in [-0.1, -0.05) is 24.3 Å². The van der Waals surface area contributed by atoms with E-state index in [-0.39, 0.29) is 11.9 Å². The Balaban J connectivity index is 2.37. The number of fused-ring (bicyclic) bond motifs is 1. The van der Waals surface area contributed by atoms with Gasteiger partial charge in [0.1, 0.15) is 5.69 Å². The van der Waals surface area contributed by atoms with E-state index in [1.54, 1.807) is 6.20 Å². The monoisotopic (exact) mass is 257 g/mol. The molecule has 19 heavy (non-hydrogen) atoms. The number of carbonyl (C=O) groups excluding carboxylic acids is 1. The molecule has 3 N–H and O–H groups in total. The molecule has 0 radical (unpaired) electrons. The van der Waals surface area contributed by atoms with Crippen LogP contribution in [0.1, 0.15) is 31.3 Å². The summed E-state index contributed by atoms with van der Waals surface area (Å²) in [6.45, 7) is 5.68. The minimum atomic E-state index is -0.476. The summed E-state index contributed by atoms with van der Waals surface area (Å²) in [7, 11) is 0. The summed E-state index contributed by atoms with van der Waals surface area (Å²) in [6.07, 6.45) is 1.65. The summed E-state index contributed by atoms with van der Waals surface area (Å²) in [4.78, 5) is 16.5. The van der Waals surface area contributed by atoms with E-state index in [9.17, 15) is 4.79 Å². The number of hydrogen-bond donors (Lipinski definition) is 2. The van der Waals surface area contributed by atoms with Gasteiger partial charge in [-0.2, -0.15) is 0 Å². The first kappa shape index (κ1) is 13.5. The second kappa shape index (κ2) is 4.97. The molecule has 1 aromatic heterocycles. The van der Waals surface area contributed by atoms with Crippen molar-refractivity contribution in [3.8, 4) is 0 Å². The largest absolute Gasteiger partial charge is 0.344 e. The molecule has 4 nitrogen and oxygen atoms in total. The molecule has 1 atom stereocenters. The van der Waals surface area contributed by atoms with Crippen molar-refractivity contribution in [2.75, 3.05) is 0 Å². The lowest BCUT2D eigenvalue weighted by atomic mass is 9.96. The molecule has 1 unspecified atom stereocenters. The molecule has 0 saturated carbocycles. The first-order valence-corrected chi connectivity index (χ1v) is 6.33. The van der Waals surface area contributed by atoms with Crippen molar-refractivity contribution < 1.29 is 4.79 Å². The zero-order chi connectivity index (χ0) is 14.0. The van der Waals surface area contributed by atoms with Gasteiger partial charge in [-0.25, -0.2) is 0 Å². The zero-order valence-electron chi connectivity index (χ0n) is 11.5. The Kier molecular flexibility index (Phi) is 3.53. The van der Waals surface area contributed by atoms with Crippen LogP contribution >= 0.6 is 0 Å². The lowest BCUT2D eigenvalue weighted by Crippen LogP contribution is -2.54. The summed E-state index contributed by atoms with van der Waals surface area (Å²) >= 11 is 0. The predicted molar refractivity (Wildman–Crippen MR) is 76.9 cm³/mol. The van der Waals surface area contributed by atoms with Crippen LogP contribution < -0.4 is 11.1 Å². The Labute approximate surface area is 113 Å². The number of carbonyl (C=O) groups is 1. The molecule has 0 fully saturated rings. The van der Waals surface area contributed by atoms with Crippen LogP contribution in [0.25, 0.3) is 10.8 Å². The van der Waals surface area contributed by atoms with Gasteiger partial charge in [0, 0.05) is 23.2 Å². The molecule has 2 rings (SSSR count). The van der Waals surface area contributed by atoms with Gasteiger partial charge in [-0.05, 0) is 32.2 Å². The van der Waals surface area contributed by atoms with Crippen LogP contribution in [0.5, 0.6) is 0 Å². The summed E-state index contributed by atoms with van der Waals surface area (Å²) in [5, 5.41) is 4.79. The average molecular weight is 257 g/mol. The number of pyridine rings is 1. The molecule has 0 spiro atoms. The number of rotatable bonds is 3. The Morgan fingerprint density at radius 3 is 2.68 bits per heavy atom. The number of hydrogen-bond acceptors (Lipinski definition) is 3. The van der Waals surface area contributed by atoms with Gasteiger partial charge in [0.2, 0.25) is 0 Å². The van der Waals surface area contributed by atoms with Crippen molar-refractivity contribution in [1.29, 1.82) is 0 Å². The third-order valence-electron chi connectivity index (χ3n) is 3.46. The molecule has 4 heteroatoms. The molecule has 1 amide bonds. The Hall–Kier alpha value is -1.94. The number of nitrogens with two attached hydrogens (primary N) is 1. The fraction of sp³-hybridized carbons (Fsp3) is 0.333. The van der Waals surface area contributed by atoms with Gasteiger partial charge in [0.25, 0.3) is 5.91 Å². The van der Waals surface area contributed by atoms with Gasteiger partial charge >= 0.3 is 0 Å². The highest BCUT2D eigenvalue weighted by Gasteiger charge is 2.26. The Bertz CT molecular complexity index is 600. The fourth-order valence-corrected chi connectivity index (χ4v) is 1.77. The molecule has 1 aromatic carbocycles. The van der Waals surface area contributed by atoms with Crippen molar-refractivity contribution in [2.45, 2.75) is 32.4 Å². The van der Waals surface area contributed by atoms with E-state index in [2.05, 4.69) is 10.3 Å². The molecule has 0 saturated heterocycles. The van der Waals surface area contributed by atoms with E-state index in [1.807, 2.05) is 51.1 Å². The van der Waals surface area contributed by atoms with Crippen molar-refractivity contribution in [1.82, 2.24) is 10.3 Å². The average Bonchev–Trinajstić information content (AvgIpc) is 2.37. The van der Waals surface area contributed by atoms with Crippen molar-refractivity contribution in [3.05, 3.63) is 42.2 Å². The fourth-order valence-electron chi connectivity index (χ4n) is 1.77. The first-order chi connectivity index (χ1) is 8.92.